The maximum Gasteiger partial charge on any atom is 0.312 e. The van der Waals surface area contributed by atoms with Gasteiger partial charge in [-0.1, -0.05) is 32.9 Å². The SMILES string of the molecule is C=C(C)[C@@H](O)CC[C@@H](C)[C@H]1CC[C@@]2(C)[C@@H]3[C@@H](OC(C)=O)C[C@H]4[C@](C)(C(=O)O)[C@@H](O)CC[C@@]45C[C@@]35CC[C@]12C. The van der Waals surface area contributed by atoms with Gasteiger partial charge in [0.1, 0.15) is 6.10 Å². The van der Waals surface area contributed by atoms with Crippen molar-refractivity contribution in [2.45, 2.75) is 124 Å². The van der Waals surface area contributed by atoms with Crippen LogP contribution in [-0.2, 0) is 14.3 Å². The zero-order chi connectivity index (χ0) is 28.1. The second-order valence-corrected chi connectivity index (χ2v) is 14.9. The molecule has 5 saturated carbocycles. The van der Waals surface area contributed by atoms with Crippen LogP contribution < -0.4 is 0 Å². The molecule has 5 aliphatic rings. The van der Waals surface area contributed by atoms with Gasteiger partial charge < -0.3 is 20.1 Å². The van der Waals surface area contributed by atoms with Crippen molar-refractivity contribution in [2.75, 3.05) is 0 Å². The van der Waals surface area contributed by atoms with Crippen LogP contribution in [0.4, 0.5) is 0 Å². The standard InChI is InChI=1S/C32H50O6/c1-18(2)22(34)9-8-19(3)21-10-12-29(6)26-23(38-20(4)33)16-24-30(7,27(36)37)25(35)11-13-31(24)17-32(26,31)15-14-28(21,29)5/h19,21-26,34-35H,1,8-17H2,2-7H3,(H,36,37)/t19-,21-,22+,23+,24+,25+,26+,28-,29+,30+,31-,32+/m1/s1. The molecule has 214 valence electrons. The molecule has 38 heavy (non-hydrogen) atoms. The van der Waals surface area contributed by atoms with E-state index < -0.39 is 23.6 Å². The Balaban J connectivity index is 1.51. The molecule has 0 radical (unpaired) electrons. The van der Waals surface area contributed by atoms with Crippen LogP contribution >= 0.6 is 0 Å². The summed E-state index contributed by atoms with van der Waals surface area (Å²) in [7, 11) is 0. The van der Waals surface area contributed by atoms with Crippen LogP contribution in [0.25, 0.3) is 0 Å². The van der Waals surface area contributed by atoms with Crippen LogP contribution in [0.5, 0.6) is 0 Å². The second kappa shape index (κ2) is 8.80. The predicted molar refractivity (Wildman–Crippen MR) is 145 cm³/mol. The Morgan fingerprint density at radius 3 is 2.29 bits per heavy atom. The molecule has 0 saturated heterocycles. The van der Waals surface area contributed by atoms with Gasteiger partial charge in [0.05, 0.1) is 17.6 Å². The largest absolute Gasteiger partial charge is 0.481 e. The van der Waals surface area contributed by atoms with E-state index in [0.717, 1.165) is 56.9 Å². The van der Waals surface area contributed by atoms with Gasteiger partial charge in [-0.3, -0.25) is 9.59 Å². The molecule has 5 aliphatic carbocycles. The van der Waals surface area contributed by atoms with Crippen molar-refractivity contribution < 1.29 is 29.6 Å². The quantitative estimate of drug-likeness (QED) is 0.286. The van der Waals surface area contributed by atoms with Crippen molar-refractivity contribution in [3.05, 3.63) is 12.2 Å². The Morgan fingerprint density at radius 1 is 1.00 bits per heavy atom. The number of hydrogen-bond acceptors (Lipinski definition) is 5. The smallest absolute Gasteiger partial charge is 0.312 e. The summed E-state index contributed by atoms with van der Waals surface area (Å²) in [6.07, 6.45) is 7.37. The van der Waals surface area contributed by atoms with E-state index in [9.17, 15) is 24.9 Å². The fraction of sp³-hybridized carbons (Fsp3) is 0.875. The topological polar surface area (TPSA) is 104 Å². The summed E-state index contributed by atoms with van der Waals surface area (Å²) in [5.74, 6) is -0.189. The van der Waals surface area contributed by atoms with Crippen LogP contribution in [0.3, 0.4) is 0 Å². The molecule has 0 aliphatic heterocycles. The molecule has 12 atom stereocenters. The Labute approximate surface area is 228 Å². The maximum atomic E-state index is 12.7. The Kier molecular flexibility index (Phi) is 6.52. The van der Waals surface area contributed by atoms with Crippen LogP contribution in [0.2, 0.25) is 0 Å². The number of carbonyl (C=O) groups excluding carboxylic acids is 1. The summed E-state index contributed by atoms with van der Waals surface area (Å²) in [4.78, 5) is 25.1. The molecule has 3 N–H and O–H groups in total. The molecular weight excluding hydrogens is 480 g/mol. The Hall–Kier alpha value is -1.40. The van der Waals surface area contributed by atoms with E-state index in [-0.39, 0.29) is 45.6 Å². The molecule has 0 amide bonds. The number of hydrogen-bond donors (Lipinski definition) is 3. The average Bonchev–Trinajstić information content (AvgIpc) is 3.40. The van der Waals surface area contributed by atoms with Crippen LogP contribution in [0, 0.1) is 50.7 Å². The molecule has 2 spiro atoms. The number of fused-ring (bicyclic) bond motifs is 2. The number of aliphatic carboxylic acids is 1. The summed E-state index contributed by atoms with van der Waals surface area (Å²) in [5, 5.41) is 31.7. The summed E-state index contributed by atoms with van der Waals surface area (Å²) >= 11 is 0. The average molecular weight is 531 g/mol. The molecule has 6 heteroatoms. The molecule has 6 nitrogen and oxygen atoms in total. The molecular formula is C32H50O6. The first-order chi connectivity index (χ1) is 17.6. The molecule has 0 aromatic rings. The van der Waals surface area contributed by atoms with E-state index in [1.807, 2.05) is 6.92 Å². The zero-order valence-electron chi connectivity index (χ0n) is 24.4. The first-order valence-corrected chi connectivity index (χ1v) is 15.0. The van der Waals surface area contributed by atoms with Crippen molar-refractivity contribution in [3.8, 4) is 0 Å². The highest BCUT2D eigenvalue weighted by Gasteiger charge is 2.85. The fourth-order valence-corrected chi connectivity index (χ4v) is 11.5. The minimum Gasteiger partial charge on any atom is -0.481 e. The van der Waals surface area contributed by atoms with E-state index in [2.05, 4.69) is 27.4 Å². The lowest BCUT2D eigenvalue weighted by atomic mass is 9.41. The van der Waals surface area contributed by atoms with Gasteiger partial charge >= 0.3 is 11.9 Å². The molecule has 5 rings (SSSR count). The Morgan fingerprint density at radius 2 is 1.68 bits per heavy atom. The number of rotatable bonds is 7. The molecule has 0 aromatic heterocycles. The highest BCUT2D eigenvalue weighted by atomic mass is 16.5. The van der Waals surface area contributed by atoms with E-state index in [4.69, 9.17) is 4.74 Å². The number of aliphatic hydroxyl groups excluding tert-OH is 2. The lowest BCUT2D eigenvalue weighted by Crippen LogP contribution is -2.64. The van der Waals surface area contributed by atoms with Gasteiger partial charge in [-0.15, -0.1) is 0 Å². The van der Waals surface area contributed by atoms with Gasteiger partial charge in [-0.05, 0) is 117 Å². The van der Waals surface area contributed by atoms with Crippen molar-refractivity contribution >= 4 is 11.9 Å². The minimum atomic E-state index is -1.22. The molecule has 0 unspecified atom stereocenters. The summed E-state index contributed by atoms with van der Waals surface area (Å²) in [6.45, 7) is 16.3. The number of carbonyl (C=O) groups is 2. The highest BCUT2D eigenvalue weighted by Crippen LogP contribution is 2.89. The van der Waals surface area contributed by atoms with Crippen molar-refractivity contribution in [3.63, 3.8) is 0 Å². The van der Waals surface area contributed by atoms with Crippen molar-refractivity contribution in [1.29, 1.82) is 0 Å². The lowest BCUT2D eigenvalue weighted by Gasteiger charge is -2.64. The number of carboxylic acids is 1. The van der Waals surface area contributed by atoms with Gasteiger partial charge in [0, 0.05) is 12.8 Å². The van der Waals surface area contributed by atoms with Crippen LogP contribution in [-0.4, -0.2) is 45.6 Å². The monoisotopic (exact) mass is 530 g/mol. The van der Waals surface area contributed by atoms with Crippen molar-refractivity contribution in [2.24, 2.45) is 50.7 Å². The van der Waals surface area contributed by atoms with E-state index >= 15 is 0 Å². The zero-order valence-corrected chi connectivity index (χ0v) is 24.4. The predicted octanol–water partition coefficient (Wildman–Crippen LogP) is 5.75. The summed E-state index contributed by atoms with van der Waals surface area (Å²) < 4.78 is 6.17. The number of aliphatic hydroxyl groups is 2. The second-order valence-electron chi connectivity index (χ2n) is 14.9. The van der Waals surface area contributed by atoms with Gasteiger partial charge in [0.25, 0.3) is 0 Å². The number of esters is 1. The minimum absolute atomic E-state index is 0.0125. The molecule has 0 aromatic carbocycles. The van der Waals surface area contributed by atoms with Gasteiger partial charge in [-0.25, -0.2) is 0 Å². The third-order valence-electron chi connectivity index (χ3n) is 13.7. The summed E-state index contributed by atoms with van der Waals surface area (Å²) in [5.41, 5.74) is -0.415. The Bertz CT molecular complexity index is 1020. The maximum absolute atomic E-state index is 12.7. The first-order valence-electron chi connectivity index (χ1n) is 15.0. The van der Waals surface area contributed by atoms with Gasteiger partial charge in [-0.2, -0.15) is 0 Å². The molecule has 0 heterocycles. The van der Waals surface area contributed by atoms with Gasteiger partial charge in [0.2, 0.25) is 0 Å². The molecule has 0 bridgehead atoms. The van der Waals surface area contributed by atoms with Gasteiger partial charge in [0.15, 0.2) is 0 Å². The van der Waals surface area contributed by atoms with Crippen LogP contribution in [0.15, 0.2) is 12.2 Å². The fourth-order valence-electron chi connectivity index (χ4n) is 11.5. The van der Waals surface area contributed by atoms with Crippen molar-refractivity contribution in [1.82, 2.24) is 0 Å². The lowest BCUT2D eigenvalue weighted by molar-refractivity contribution is -0.219. The third-order valence-corrected chi connectivity index (χ3v) is 13.7. The highest BCUT2D eigenvalue weighted by molar-refractivity contribution is 5.76. The summed E-state index contributed by atoms with van der Waals surface area (Å²) in [6, 6.07) is 0. The molecule has 5 fully saturated rings. The van der Waals surface area contributed by atoms with E-state index in [0.29, 0.717) is 24.7 Å². The number of ether oxygens (including phenoxy) is 1. The first kappa shape index (κ1) is 28.1. The van der Waals surface area contributed by atoms with Crippen LogP contribution in [0.1, 0.15) is 106 Å². The number of carboxylic acid groups (broad SMARTS) is 1. The van der Waals surface area contributed by atoms with E-state index in [1.165, 1.54) is 6.92 Å². The van der Waals surface area contributed by atoms with E-state index in [1.54, 1.807) is 6.92 Å². The normalized spacial score (nSPS) is 50.5. The third kappa shape index (κ3) is 3.44.